The van der Waals surface area contributed by atoms with Crippen molar-refractivity contribution in [2.45, 2.75) is 25.1 Å². The summed E-state index contributed by atoms with van der Waals surface area (Å²) in [6.45, 7) is 1.87. The van der Waals surface area contributed by atoms with Crippen molar-refractivity contribution in [3.05, 3.63) is 33.2 Å². The standard InChI is InChI=1S/C11H12BrF2NO3/c1-2-18-8(16)3-6-5-15-11(17)9(10(13)14)7(6)4-12/h5,10H,2-4H2,1H3,(H,15,17). The third-order valence-electron chi connectivity index (χ3n) is 2.33. The Labute approximate surface area is 110 Å². The van der Waals surface area contributed by atoms with Crippen LogP contribution >= 0.6 is 15.9 Å². The molecule has 4 nitrogen and oxygen atoms in total. The van der Waals surface area contributed by atoms with Crippen molar-refractivity contribution in [3.63, 3.8) is 0 Å². The van der Waals surface area contributed by atoms with E-state index < -0.39 is 23.5 Å². The number of aromatic amines is 1. The quantitative estimate of drug-likeness (QED) is 0.668. The van der Waals surface area contributed by atoms with Crippen LogP contribution in [0.2, 0.25) is 0 Å². The van der Waals surface area contributed by atoms with Gasteiger partial charge in [-0.25, -0.2) is 8.78 Å². The maximum Gasteiger partial charge on any atom is 0.310 e. The van der Waals surface area contributed by atoms with Crippen molar-refractivity contribution >= 4 is 21.9 Å². The SMILES string of the molecule is CCOC(=O)Cc1c[nH]c(=O)c(C(F)F)c1CBr. The minimum Gasteiger partial charge on any atom is -0.466 e. The van der Waals surface area contributed by atoms with Crippen molar-refractivity contribution in [2.24, 2.45) is 0 Å². The Morgan fingerprint density at radius 3 is 2.72 bits per heavy atom. The van der Waals surface area contributed by atoms with E-state index in [1.165, 1.54) is 6.20 Å². The summed E-state index contributed by atoms with van der Waals surface area (Å²) in [5.41, 5.74) is -0.970. The lowest BCUT2D eigenvalue weighted by Gasteiger charge is -2.11. The van der Waals surface area contributed by atoms with Gasteiger partial charge in [-0.2, -0.15) is 0 Å². The van der Waals surface area contributed by atoms with Crippen molar-refractivity contribution in [3.8, 4) is 0 Å². The second-order valence-corrected chi connectivity index (χ2v) is 4.01. The lowest BCUT2D eigenvalue weighted by atomic mass is 10.0. The molecule has 18 heavy (non-hydrogen) atoms. The van der Waals surface area contributed by atoms with Gasteiger partial charge in [-0.05, 0) is 18.1 Å². The fraction of sp³-hybridized carbons (Fsp3) is 0.455. The minimum atomic E-state index is -2.89. The maximum absolute atomic E-state index is 12.8. The molecule has 0 saturated carbocycles. The monoisotopic (exact) mass is 323 g/mol. The molecule has 1 rings (SSSR count). The van der Waals surface area contributed by atoms with Gasteiger partial charge < -0.3 is 9.72 Å². The summed E-state index contributed by atoms with van der Waals surface area (Å²) in [6.07, 6.45) is -1.77. The lowest BCUT2D eigenvalue weighted by molar-refractivity contribution is -0.142. The van der Waals surface area contributed by atoms with Gasteiger partial charge in [0, 0.05) is 11.5 Å². The molecule has 0 atom stereocenters. The molecule has 7 heteroatoms. The smallest absolute Gasteiger partial charge is 0.310 e. The van der Waals surface area contributed by atoms with Crippen LogP contribution in [0.15, 0.2) is 11.0 Å². The van der Waals surface area contributed by atoms with E-state index in [-0.39, 0.29) is 23.9 Å². The van der Waals surface area contributed by atoms with Crippen LogP contribution in [0.3, 0.4) is 0 Å². The Kier molecular flexibility index (Phi) is 5.46. The number of esters is 1. The molecule has 0 bridgehead atoms. The molecular weight excluding hydrogens is 312 g/mol. The van der Waals surface area contributed by atoms with Crippen LogP contribution < -0.4 is 5.56 Å². The number of halogens is 3. The summed E-state index contributed by atoms with van der Waals surface area (Å²) in [4.78, 5) is 24.9. The van der Waals surface area contributed by atoms with Crippen molar-refractivity contribution in [1.82, 2.24) is 4.98 Å². The van der Waals surface area contributed by atoms with Crippen LogP contribution in [0.25, 0.3) is 0 Å². The Morgan fingerprint density at radius 2 is 2.22 bits per heavy atom. The van der Waals surface area contributed by atoms with Crippen LogP contribution in [0.4, 0.5) is 8.78 Å². The highest BCUT2D eigenvalue weighted by Gasteiger charge is 2.21. The average Bonchev–Trinajstić information content (AvgIpc) is 2.30. The number of carbonyl (C=O) groups is 1. The summed E-state index contributed by atoms with van der Waals surface area (Å²) in [5, 5.41) is 0.0747. The van der Waals surface area contributed by atoms with Gasteiger partial charge in [-0.15, -0.1) is 0 Å². The molecule has 1 N–H and O–H groups in total. The molecule has 0 aliphatic rings. The zero-order valence-corrected chi connectivity index (χ0v) is 11.2. The summed E-state index contributed by atoms with van der Waals surface area (Å²) >= 11 is 3.05. The lowest BCUT2D eigenvalue weighted by Crippen LogP contribution is -2.19. The Bertz CT molecular complexity index is 488. The molecule has 0 aromatic carbocycles. The van der Waals surface area contributed by atoms with E-state index in [1.54, 1.807) is 6.92 Å². The van der Waals surface area contributed by atoms with Gasteiger partial charge >= 0.3 is 5.97 Å². The Balaban J connectivity index is 3.17. The first kappa shape index (κ1) is 14.8. The number of H-pyrrole nitrogens is 1. The van der Waals surface area contributed by atoms with Crippen molar-refractivity contribution < 1.29 is 18.3 Å². The molecule has 0 saturated heterocycles. The molecule has 0 aliphatic heterocycles. The molecular formula is C11H12BrF2NO3. The number of hydrogen-bond acceptors (Lipinski definition) is 3. The molecule has 1 heterocycles. The fourth-order valence-electron chi connectivity index (χ4n) is 1.54. The van der Waals surface area contributed by atoms with E-state index in [9.17, 15) is 18.4 Å². The van der Waals surface area contributed by atoms with Crippen LogP contribution in [-0.2, 0) is 21.3 Å². The summed E-state index contributed by atoms with van der Waals surface area (Å²) in [7, 11) is 0. The number of ether oxygens (including phenoxy) is 1. The van der Waals surface area contributed by atoms with Crippen LogP contribution in [0, 0.1) is 0 Å². The zero-order chi connectivity index (χ0) is 13.7. The third-order valence-corrected chi connectivity index (χ3v) is 2.89. The van der Waals surface area contributed by atoms with Gasteiger partial charge in [0.25, 0.3) is 12.0 Å². The molecule has 0 unspecified atom stereocenters. The molecule has 0 radical (unpaired) electrons. The number of carbonyl (C=O) groups excluding carboxylic acids is 1. The molecule has 1 aromatic rings. The number of rotatable bonds is 5. The van der Waals surface area contributed by atoms with Gasteiger partial charge in [0.05, 0.1) is 18.6 Å². The van der Waals surface area contributed by atoms with E-state index in [0.29, 0.717) is 5.56 Å². The molecule has 0 amide bonds. The number of aromatic nitrogens is 1. The normalized spacial score (nSPS) is 10.7. The first-order valence-electron chi connectivity index (χ1n) is 5.24. The van der Waals surface area contributed by atoms with Crippen LogP contribution in [0.5, 0.6) is 0 Å². The first-order chi connectivity index (χ1) is 8.51. The first-order valence-corrected chi connectivity index (χ1v) is 6.36. The summed E-state index contributed by atoms with van der Waals surface area (Å²) in [5.74, 6) is -0.521. The Morgan fingerprint density at radius 1 is 1.56 bits per heavy atom. The van der Waals surface area contributed by atoms with Gasteiger partial charge in [-0.1, -0.05) is 15.9 Å². The largest absolute Gasteiger partial charge is 0.466 e. The molecule has 0 fully saturated rings. The third kappa shape index (κ3) is 3.38. The van der Waals surface area contributed by atoms with Crippen LogP contribution in [0.1, 0.15) is 30.0 Å². The molecule has 100 valence electrons. The fourth-order valence-corrected chi connectivity index (χ4v) is 2.20. The molecule has 0 spiro atoms. The molecule has 1 aromatic heterocycles. The highest BCUT2D eigenvalue weighted by atomic mass is 79.9. The van der Waals surface area contributed by atoms with Gasteiger partial charge in [0.2, 0.25) is 0 Å². The average molecular weight is 324 g/mol. The predicted molar refractivity (Wildman–Crippen MR) is 65.0 cm³/mol. The van der Waals surface area contributed by atoms with Crippen molar-refractivity contribution in [1.29, 1.82) is 0 Å². The predicted octanol–water partition coefficient (Wildman–Crippen LogP) is 2.31. The van der Waals surface area contributed by atoms with E-state index >= 15 is 0 Å². The summed E-state index contributed by atoms with van der Waals surface area (Å²) in [6, 6.07) is 0. The summed E-state index contributed by atoms with van der Waals surface area (Å²) < 4.78 is 30.3. The molecule has 0 aliphatic carbocycles. The minimum absolute atomic E-state index is 0.0747. The second kappa shape index (κ2) is 6.63. The van der Waals surface area contributed by atoms with Gasteiger partial charge in [0.15, 0.2) is 0 Å². The van der Waals surface area contributed by atoms with Crippen LogP contribution in [-0.4, -0.2) is 17.6 Å². The number of alkyl halides is 3. The van der Waals surface area contributed by atoms with Gasteiger partial charge in [0.1, 0.15) is 0 Å². The van der Waals surface area contributed by atoms with E-state index in [1.807, 2.05) is 0 Å². The number of hydrogen-bond donors (Lipinski definition) is 1. The Hall–Kier alpha value is -1.24. The second-order valence-electron chi connectivity index (χ2n) is 3.45. The van der Waals surface area contributed by atoms with Crippen molar-refractivity contribution in [2.75, 3.05) is 6.61 Å². The highest BCUT2D eigenvalue weighted by molar-refractivity contribution is 9.08. The van der Waals surface area contributed by atoms with E-state index in [0.717, 1.165) is 0 Å². The number of pyridine rings is 1. The van der Waals surface area contributed by atoms with E-state index in [2.05, 4.69) is 20.9 Å². The highest BCUT2D eigenvalue weighted by Crippen LogP contribution is 2.24. The van der Waals surface area contributed by atoms with E-state index in [4.69, 9.17) is 4.74 Å². The van der Waals surface area contributed by atoms with Gasteiger partial charge in [-0.3, -0.25) is 9.59 Å². The maximum atomic E-state index is 12.8. The zero-order valence-electron chi connectivity index (χ0n) is 9.63. The topological polar surface area (TPSA) is 59.2 Å². The number of nitrogens with one attached hydrogen (secondary N) is 1.